The summed E-state index contributed by atoms with van der Waals surface area (Å²) in [6.07, 6.45) is 2.75. The number of hydrogen-bond donors (Lipinski definition) is 1. The topological polar surface area (TPSA) is 56.8 Å². The van der Waals surface area contributed by atoms with Crippen LogP contribution < -0.4 is 10.1 Å². The Balaban J connectivity index is 1.38. The number of nitrogens with one attached hydrogen (secondary N) is 1. The van der Waals surface area contributed by atoms with Gasteiger partial charge >= 0.3 is 0 Å². The minimum absolute atomic E-state index is 0.0611. The van der Waals surface area contributed by atoms with Gasteiger partial charge in [0.1, 0.15) is 17.3 Å². The molecule has 1 amide bonds. The Hall–Kier alpha value is -2.44. The van der Waals surface area contributed by atoms with Gasteiger partial charge in [0.15, 0.2) is 0 Å². The van der Waals surface area contributed by atoms with E-state index >= 15 is 0 Å². The van der Waals surface area contributed by atoms with Crippen molar-refractivity contribution >= 4 is 5.91 Å². The summed E-state index contributed by atoms with van der Waals surface area (Å²) in [5, 5.41) is 3.09. The van der Waals surface area contributed by atoms with Gasteiger partial charge in [-0.05, 0) is 61.7 Å². The van der Waals surface area contributed by atoms with Crippen molar-refractivity contribution in [3.63, 3.8) is 0 Å². The summed E-state index contributed by atoms with van der Waals surface area (Å²) in [6, 6.07) is 12.8. The molecule has 0 unspecified atom stereocenters. The van der Waals surface area contributed by atoms with Crippen molar-refractivity contribution in [2.45, 2.75) is 37.5 Å². The smallest absolute Gasteiger partial charge is 0.251 e. The molecule has 0 radical (unpaired) electrons. The molecule has 2 fully saturated rings. The van der Waals surface area contributed by atoms with Crippen LogP contribution in [0.3, 0.4) is 0 Å². The van der Waals surface area contributed by atoms with Crippen molar-refractivity contribution < 1.29 is 23.4 Å². The van der Waals surface area contributed by atoms with E-state index in [1.807, 2.05) is 0 Å². The average Bonchev–Trinajstić information content (AvgIpc) is 2.70. The van der Waals surface area contributed by atoms with Gasteiger partial charge in [0.2, 0.25) is 0 Å². The van der Waals surface area contributed by atoms with Crippen LogP contribution in [0.1, 0.15) is 29.6 Å². The van der Waals surface area contributed by atoms with Crippen LogP contribution in [0.4, 0.5) is 4.39 Å². The van der Waals surface area contributed by atoms with Gasteiger partial charge in [0.05, 0.1) is 25.4 Å². The summed E-state index contributed by atoms with van der Waals surface area (Å²) < 4.78 is 30.2. The molecule has 0 bridgehead atoms. The molecule has 1 N–H and O–H groups in total. The zero-order valence-electron chi connectivity index (χ0n) is 14.9. The Kier molecular flexibility index (Phi) is 5.36. The second-order valence-corrected chi connectivity index (χ2v) is 6.89. The number of rotatable bonds is 4. The van der Waals surface area contributed by atoms with Gasteiger partial charge in [-0.3, -0.25) is 4.79 Å². The van der Waals surface area contributed by atoms with Gasteiger partial charge in [0.25, 0.3) is 5.91 Å². The first-order chi connectivity index (χ1) is 13.2. The standard InChI is InChI=1S/C21H22FNO4/c22-15-4-7-17(8-5-15)27-18-3-1-2-14(12-18)21(24)23-16-6-9-19-20(13-16)26-11-10-25-19/h1-5,7-8,12,16,19-20H,6,9-11,13H2,(H,23,24)/t16-,19-,20+/m1/s1. The number of benzene rings is 2. The van der Waals surface area contributed by atoms with Crippen LogP contribution in [-0.2, 0) is 9.47 Å². The van der Waals surface area contributed by atoms with Crippen molar-refractivity contribution in [3.05, 3.63) is 59.9 Å². The number of carbonyl (C=O) groups is 1. The lowest BCUT2D eigenvalue weighted by atomic mass is 9.89. The molecule has 1 heterocycles. The number of amides is 1. The number of ether oxygens (including phenoxy) is 3. The Morgan fingerprint density at radius 2 is 1.78 bits per heavy atom. The summed E-state index contributed by atoms with van der Waals surface area (Å²) in [7, 11) is 0. The van der Waals surface area contributed by atoms with Crippen LogP contribution >= 0.6 is 0 Å². The predicted molar refractivity (Wildman–Crippen MR) is 97.5 cm³/mol. The maximum atomic E-state index is 13.0. The van der Waals surface area contributed by atoms with E-state index in [0.717, 1.165) is 19.3 Å². The number of fused-ring (bicyclic) bond motifs is 1. The minimum atomic E-state index is -0.322. The SMILES string of the molecule is O=C(N[C@@H]1CC[C@H]2OCCO[C@H]2C1)c1cccc(Oc2ccc(F)cc2)c1. The molecular weight excluding hydrogens is 349 g/mol. The number of hydrogen-bond acceptors (Lipinski definition) is 4. The molecule has 142 valence electrons. The fourth-order valence-corrected chi connectivity index (χ4v) is 3.61. The maximum absolute atomic E-state index is 13.0. The summed E-state index contributed by atoms with van der Waals surface area (Å²) in [5.41, 5.74) is 0.526. The summed E-state index contributed by atoms with van der Waals surface area (Å²) in [6.45, 7) is 1.27. The molecule has 2 aromatic rings. The highest BCUT2D eigenvalue weighted by atomic mass is 19.1. The molecule has 1 aliphatic heterocycles. The molecule has 5 nitrogen and oxygen atoms in total. The van der Waals surface area contributed by atoms with E-state index in [4.69, 9.17) is 14.2 Å². The second-order valence-electron chi connectivity index (χ2n) is 6.89. The first-order valence-corrected chi connectivity index (χ1v) is 9.25. The van der Waals surface area contributed by atoms with Gasteiger partial charge in [-0.25, -0.2) is 4.39 Å². The van der Waals surface area contributed by atoms with Crippen molar-refractivity contribution in [2.24, 2.45) is 0 Å². The fraction of sp³-hybridized carbons (Fsp3) is 0.381. The van der Waals surface area contributed by atoms with E-state index in [9.17, 15) is 9.18 Å². The second kappa shape index (κ2) is 8.06. The highest BCUT2D eigenvalue weighted by Crippen LogP contribution is 2.27. The fourth-order valence-electron chi connectivity index (χ4n) is 3.61. The number of carbonyl (C=O) groups excluding carboxylic acids is 1. The van der Waals surface area contributed by atoms with Crippen LogP contribution in [0.25, 0.3) is 0 Å². The lowest BCUT2D eigenvalue weighted by molar-refractivity contribution is -0.157. The maximum Gasteiger partial charge on any atom is 0.251 e. The number of halogens is 1. The quantitative estimate of drug-likeness (QED) is 0.891. The molecular formula is C21H22FNO4. The van der Waals surface area contributed by atoms with Gasteiger partial charge in [-0.1, -0.05) is 6.07 Å². The first kappa shape index (κ1) is 17.9. The molecule has 1 aliphatic carbocycles. The zero-order valence-corrected chi connectivity index (χ0v) is 14.9. The Bertz CT molecular complexity index is 795. The van der Waals surface area contributed by atoms with Gasteiger partial charge < -0.3 is 19.5 Å². The molecule has 6 heteroatoms. The molecule has 0 aromatic heterocycles. The third kappa shape index (κ3) is 4.46. The summed E-state index contributed by atoms with van der Waals surface area (Å²) >= 11 is 0. The van der Waals surface area contributed by atoms with E-state index in [1.54, 1.807) is 36.4 Å². The highest BCUT2D eigenvalue weighted by Gasteiger charge is 2.34. The van der Waals surface area contributed by atoms with E-state index in [-0.39, 0.29) is 30.0 Å². The lowest BCUT2D eigenvalue weighted by Gasteiger charge is -2.39. The van der Waals surface area contributed by atoms with E-state index in [0.29, 0.717) is 30.3 Å². The highest BCUT2D eigenvalue weighted by molar-refractivity contribution is 5.94. The molecule has 3 atom stereocenters. The summed E-state index contributed by atoms with van der Waals surface area (Å²) in [5.74, 6) is 0.584. The van der Waals surface area contributed by atoms with Crippen LogP contribution in [0.5, 0.6) is 11.5 Å². The third-order valence-corrected chi connectivity index (χ3v) is 4.96. The predicted octanol–water partition coefficient (Wildman–Crippen LogP) is 3.68. The monoisotopic (exact) mass is 371 g/mol. The first-order valence-electron chi connectivity index (χ1n) is 9.25. The normalized spacial score (nSPS) is 24.7. The molecule has 0 spiro atoms. The zero-order chi connectivity index (χ0) is 18.6. The van der Waals surface area contributed by atoms with Crippen molar-refractivity contribution in [1.82, 2.24) is 5.32 Å². The molecule has 2 aliphatic rings. The van der Waals surface area contributed by atoms with Crippen LogP contribution in [0.2, 0.25) is 0 Å². The Labute approximate surface area is 157 Å². The van der Waals surface area contributed by atoms with Crippen molar-refractivity contribution in [1.29, 1.82) is 0 Å². The van der Waals surface area contributed by atoms with Crippen LogP contribution in [-0.4, -0.2) is 37.4 Å². The summed E-state index contributed by atoms with van der Waals surface area (Å²) in [4.78, 5) is 12.6. The minimum Gasteiger partial charge on any atom is -0.457 e. The Morgan fingerprint density at radius 3 is 2.59 bits per heavy atom. The van der Waals surface area contributed by atoms with E-state index in [1.165, 1.54) is 12.1 Å². The third-order valence-electron chi connectivity index (χ3n) is 4.96. The van der Waals surface area contributed by atoms with Crippen molar-refractivity contribution in [2.75, 3.05) is 13.2 Å². The molecule has 4 rings (SSSR count). The van der Waals surface area contributed by atoms with E-state index < -0.39 is 0 Å². The Morgan fingerprint density at radius 1 is 1.00 bits per heavy atom. The van der Waals surface area contributed by atoms with Crippen molar-refractivity contribution in [3.8, 4) is 11.5 Å². The molecule has 1 saturated carbocycles. The molecule has 2 aromatic carbocycles. The average molecular weight is 371 g/mol. The molecule has 27 heavy (non-hydrogen) atoms. The molecule has 1 saturated heterocycles. The van der Waals surface area contributed by atoms with E-state index in [2.05, 4.69) is 5.32 Å². The van der Waals surface area contributed by atoms with Gasteiger partial charge in [-0.2, -0.15) is 0 Å². The van der Waals surface area contributed by atoms with Gasteiger partial charge in [-0.15, -0.1) is 0 Å². The van der Waals surface area contributed by atoms with Gasteiger partial charge in [0, 0.05) is 11.6 Å². The van der Waals surface area contributed by atoms with Crippen LogP contribution in [0, 0.1) is 5.82 Å². The lowest BCUT2D eigenvalue weighted by Crippen LogP contribution is -2.49. The van der Waals surface area contributed by atoms with Crippen LogP contribution in [0.15, 0.2) is 48.5 Å². The largest absolute Gasteiger partial charge is 0.457 e.